The first kappa shape index (κ1) is 24.9. The Bertz CT molecular complexity index is 1070. The van der Waals surface area contributed by atoms with Crippen molar-refractivity contribution >= 4 is 56.5 Å². The summed E-state index contributed by atoms with van der Waals surface area (Å²) in [6.07, 6.45) is 1.62. The lowest BCUT2D eigenvalue weighted by Gasteiger charge is -2.14. The number of hydrogen-bond acceptors (Lipinski definition) is 6. The zero-order valence-corrected chi connectivity index (χ0v) is 21.0. The van der Waals surface area contributed by atoms with E-state index in [-0.39, 0.29) is 11.4 Å². The van der Waals surface area contributed by atoms with E-state index in [9.17, 15) is 14.4 Å². The number of nitrogens with zero attached hydrogens (tertiary/aromatic N) is 1. The molecule has 1 heterocycles. The third-order valence-electron chi connectivity index (χ3n) is 4.44. The van der Waals surface area contributed by atoms with Gasteiger partial charge in [-0.2, -0.15) is 0 Å². The van der Waals surface area contributed by atoms with Gasteiger partial charge < -0.3 is 14.8 Å². The molecule has 0 radical (unpaired) electrons. The van der Waals surface area contributed by atoms with Crippen LogP contribution >= 0.6 is 27.7 Å². The monoisotopic (exact) mass is 532 g/mol. The van der Waals surface area contributed by atoms with Crippen LogP contribution in [0.25, 0.3) is 6.08 Å². The van der Waals surface area contributed by atoms with Crippen LogP contribution < -0.4 is 14.8 Å². The van der Waals surface area contributed by atoms with Gasteiger partial charge in [0, 0.05) is 10.2 Å². The molecule has 0 saturated carbocycles. The summed E-state index contributed by atoms with van der Waals surface area (Å²) in [6.45, 7) is 6.66. The normalized spacial score (nSPS) is 14.8. The molecule has 33 heavy (non-hydrogen) atoms. The summed E-state index contributed by atoms with van der Waals surface area (Å²) in [5.41, 5.74) is 1.27. The van der Waals surface area contributed by atoms with Gasteiger partial charge in [-0.05, 0) is 72.6 Å². The molecule has 1 N–H and O–H groups in total. The van der Waals surface area contributed by atoms with Gasteiger partial charge in [-0.25, -0.2) is 0 Å². The van der Waals surface area contributed by atoms with E-state index in [4.69, 9.17) is 9.47 Å². The summed E-state index contributed by atoms with van der Waals surface area (Å²) >= 11 is 4.13. The molecule has 7 nitrogen and oxygen atoms in total. The summed E-state index contributed by atoms with van der Waals surface area (Å²) in [4.78, 5) is 38.7. The van der Waals surface area contributed by atoms with Gasteiger partial charge in [0.05, 0.1) is 18.1 Å². The predicted molar refractivity (Wildman–Crippen MR) is 133 cm³/mol. The number of carbonyl (C=O) groups is 3. The maximum Gasteiger partial charge on any atom is 0.294 e. The molecule has 0 spiro atoms. The van der Waals surface area contributed by atoms with Gasteiger partial charge in [-0.3, -0.25) is 19.3 Å². The molecule has 0 atom stereocenters. The van der Waals surface area contributed by atoms with Crippen LogP contribution in [0.5, 0.6) is 11.5 Å². The Morgan fingerprint density at radius 3 is 2.52 bits per heavy atom. The van der Waals surface area contributed by atoms with Gasteiger partial charge >= 0.3 is 0 Å². The van der Waals surface area contributed by atoms with Crippen molar-refractivity contribution in [2.24, 2.45) is 5.92 Å². The Morgan fingerprint density at radius 2 is 1.85 bits per heavy atom. The highest BCUT2D eigenvalue weighted by Crippen LogP contribution is 2.34. The number of thioether (sulfide) groups is 1. The van der Waals surface area contributed by atoms with E-state index in [0.717, 1.165) is 21.1 Å². The molecule has 3 amide bonds. The number of halogens is 1. The molecule has 2 aromatic rings. The largest absolute Gasteiger partial charge is 0.490 e. The zero-order chi connectivity index (χ0) is 24.0. The molecule has 0 unspecified atom stereocenters. The van der Waals surface area contributed by atoms with Gasteiger partial charge in [0.25, 0.3) is 11.1 Å². The van der Waals surface area contributed by atoms with Crippen molar-refractivity contribution in [3.05, 3.63) is 57.4 Å². The van der Waals surface area contributed by atoms with Gasteiger partial charge in [0.15, 0.2) is 11.5 Å². The second-order valence-corrected chi connectivity index (χ2v) is 9.58. The molecule has 2 aromatic carbocycles. The molecule has 0 bridgehead atoms. The van der Waals surface area contributed by atoms with Crippen molar-refractivity contribution in [3.63, 3.8) is 0 Å². The molecule has 3 rings (SSSR count). The summed E-state index contributed by atoms with van der Waals surface area (Å²) in [5, 5.41) is 2.20. The third-order valence-corrected chi connectivity index (χ3v) is 5.88. The number of amides is 3. The number of imide groups is 1. The fourth-order valence-electron chi connectivity index (χ4n) is 2.92. The fourth-order valence-corrected chi connectivity index (χ4v) is 4.03. The van der Waals surface area contributed by atoms with Crippen molar-refractivity contribution in [1.29, 1.82) is 0 Å². The highest BCUT2D eigenvalue weighted by molar-refractivity contribution is 9.10. The molecule has 1 fully saturated rings. The van der Waals surface area contributed by atoms with Crippen molar-refractivity contribution in [2.75, 3.05) is 25.1 Å². The lowest BCUT2D eigenvalue weighted by molar-refractivity contribution is -0.127. The lowest BCUT2D eigenvalue weighted by Crippen LogP contribution is -2.36. The van der Waals surface area contributed by atoms with Crippen LogP contribution in [0, 0.1) is 5.92 Å². The maximum absolute atomic E-state index is 12.8. The van der Waals surface area contributed by atoms with Crippen LogP contribution in [0.15, 0.2) is 51.8 Å². The van der Waals surface area contributed by atoms with Crippen LogP contribution in [-0.2, 0) is 9.59 Å². The first-order valence-electron chi connectivity index (χ1n) is 10.5. The molecule has 9 heteroatoms. The summed E-state index contributed by atoms with van der Waals surface area (Å²) in [7, 11) is 0. The highest BCUT2D eigenvalue weighted by Gasteiger charge is 2.36. The minimum Gasteiger partial charge on any atom is -0.490 e. The van der Waals surface area contributed by atoms with E-state index in [1.165, 1.54) is 0 Å². The van der Waals surface area contributed by atoms with Crippen LogP contribution in [0.1, 0.15) is 26.3 Å². The Balaban J connectivity index is 1.71. The molecule has 1 aliphatic rings. The zero-order valence-electron chi connectivity index (χ0n) is 18.6. The molecule has 1 saturated heterocycles. The van der Waals surface area contributed by atoms with Gasteiger partial charge in [0.1, 0.15) is 6.54 Å². The Hall–Kier alpha value is -2.78. The average Bonchev–Trinajstić information content (AvgIpc) is 3.02. The second kappa shape index (κ2) is 11.4. The maximum atomic E-state index is 12.8. The first-order valence-corrected chi connectivity index (χ1v) is 12.1. The van der Waals surface area contributed by atoms with E-state index in [0.29, 0.717) is 41.9 Å². The molecular weight excluding hydrogens is 508 g/mol. The van der Waals surface area contributed by atoms with Crippen molar-refractivity contribution in [2.45, 2.75) is 20.8 Å². The minimum atomic E-state index is -0.506. The first-order chi connectivity index (χ1) is 15.8. The smallest absolute Gasteiger partial charge is 0.294 e. The average molecular weight is 533 g/mol. The van der Waals surface area contributed by atoms with Crippen molar-refractivity contribution in [1.82, 2.24) is 4.90 Å². The highest BCUT2D eigenvalue weighted by atomic mass is 79.9. The minimum absolute atomic E-state index is 0.245. The summed E-state index contributed by atoms with van der Waals surface area (Å²) in [5.74, 6) is 0.604. The lowest BCUT2D eigenvalue weighted by atomic mass is 10.1. The summed E-state index contributed by atoms with van der Waals surface area (Å²) < 4.78 is 12.4. The van der Waals surface area contributed by atoms with E-state index in [1.54, 1.807) is 48.5 Å². The number of rotatable bonds is 9. The number of carbonyl (C=O) groups excluding carboxylic acids is 3. The van der Waals surface area contributed by atoms with Crippen LogP contribution in [0.2, 0.25) is 0 Å². The molecule has 1 aliphatic heterocycles. The molecule has 0 aliphatic carbocycles. The number of anilines is 1. The van der Waals surface area contributed by atoms with E-state index < -0.39 is 17.1 Å². The van der Waals surface area contributed by atoms with E-state index >= 15 is 0 Å². The topological polar surface area (TPSA) is 84.9 Å². The predicted octanol–water partition coefficient (Wildman–Crippen LogP) is 5.56. The van der Waals surface area contributed by atoms with Crippen LogP contribution in [0.4, 0.5) is 10.5 Å². The number of benzene rings is 2. The van der Waals surface area contributed by atoms with Crippen molar-refractivity contribution in [3.8, 4) is 11.5 Å². The number of ether oxygens (including phenoxy) is 2. The van der Waals surface area contributed by atoms with Gasteiger partial charge in [0.2, 0.25) is 5.91 Å². The second-order valence-electron chi connectivity index (χ2n) is 7.67. The van der Waals surface area contributed by atoms with Crippen molar-refractivity contribution < 1.29 is 23.9 Å². The van der Waals surface area contributed by atoms with Gasteiger partial charge in [-0.1, -0.05) is 35.8 Å². The molecule has 0 aromatic heterocycles. The standard InChI is InChI=1S/C24H25BrN2O5S/c1-4-31-20-11-16(5-10-19(20)32-14-15(2)3)12-21-23(29)27(24(30)33-21)13-22(28)26-18-8-6-17(25)7-9-18/h5-12,15H,4,13-14H2,1-3H3,(H,26,28)/b21-12-. The molecule has 174 valence electrons. The SMILES string of the molecule is CCOc1cc(/C=C2\SC(=O)N(CC(=O)Nc3ccc(Br)cc3)C2=O)ccc1OCC(C)C. The summed E-state index contributed by atoms with van der Waals surface area (Å²) in [6, 6.07) is 12.4. The van der Waals surface area contributed by atoms with E-state index in [1.807, 2.05) is 6.92 Å². The van der Waals surface area contributed by atoms with E-state index in [2.05, 4.69) is 35.1 Å². The Morgan fingerprint density at radius 1 is 1.12 bits per heavy atom. The quantitative estimate of drug-likeness (QED) is 0.425. The Labute approximate surface area is 205 Å². The third kappa shape index (κ3) is 6.85. The fraction of sp³-hybridized carbons (Fsp3) is 0.292. The Kier molecular flexibility index (Phi) is 8.57. The molecular formula is C24H25BrN2O5S. The van der Waals surface area contributed by atoms with Crippen LogP contribution in [0.3, 0.4) is 0 Å². The number of hydrogen-bond donors (Lipinski definition) is 1. The van der Waals surface area contributed by atoms with Crippen LogP contribution in [-0.4, -0.2) is 41.7 Å². The van der Waals surface area contributed by atoms with Gasteiger partial charge in [-0.15, -0.1) is 0 Å². The number of nitrogens with one attached hydrogen (secondary N) is 1.